The number of nitrogens with zero attached hydrogens (tertiary/aromatic N) is 2. The summed E-state index contributed by atoms with van der Waals surface area (Å²) >= 11 is 0. The van der Waals surface area contributed by atoms with E-state index in [0.29, 0.717) is 6.54 Å². The van der Waals surface area contributed by atoms with Crippen LogP contribution in [-0.4, -0.2) is 23.1 Å². The number of ether oxygens (including phenoxy) is 1. The van der Waals surface area contributed by atoms with E-state index in [-0.39, 0.29) is 6.10 Å². The molecule has 0 fully saturated rings. The highest BCUT2D eigenvalue weighted by molar-refractivity contribution is 5.65. The summed E-state index contributed by atoms with van der Waals surface area (Å²) in [5.74, 6) is 0. The Labute approximate surface area is 112 Å². The molecule has 2 heterocycles. The van der Waals surface area contributed by atoms with E-state index in [2.05, 4.69) is 22.1 Å². The topological polar surface area (TPSA) is 61.0 Å². The fourth-order valence-electron chi connectivity index (χ4n) is 2.63. The van der Waals surface area contributed by atoms with Crippen molar-refractivity contribution >= 4 is 0 Å². The quantitative estimate of drug-likeness (QED) is 0.892. The molecule has 98 valence electrons. The Hall–Kier alpha value is -1.78. The van der Waals surface area contributed by atoms with Crippen LogP contribution in [0.2, 0.25) is 0 Å². The summed E-state index contributed by atoms with van der Waals surface area (Å²) in [7, 11) is 0. The van der Waals surface area contributed by atoms with E-state index in [1.807, 2.05) is 12.1 Å². The molecule has 4 nitrogen and oxygen atoms in total. The number of hydrogen-bond donors (Lipinski definition) is 1. The van der Waals surface area contributed by atoms with E-state index in [0.717, 1.165) is 25.1 Å². The molecule has 1 aliphatic heterocycles. The maximum absolute atomic E-state index is 5.83. The SMILES string of the molecule is NCC1OCCCc2c(-c3ccncn3)cccc21. The molecule has 0 saturated carbocycles. The average molecular weight is 255 g/mol. The van der Waals surface area contributed by atoms with Gasteiger partial charge in [0.1, 0.15) is 6.33 Å². The Balaban J connectivity index is 2.12. The minimum atomic E-state index is -0.000660. The third kappa shape index (κ3) is 2.37. The van der Waals surface area contributed by atoms with Crippen molar-refractivity contribution < 1.29 is 4.74 Å². The van der Waals surface area contributed by atoms with Gasteiger partial charge in [0.15, 0.2) is 0 Å². The Morgan fingerprint density at radius 1 is 1.32 bits per heavy atom. The van der Waals surface area contributed by atoms with Gasteiger partial charge in [0.25, 0.3) is 0 Å². The molecule has 4 heteroatoms. The van der Waals surface area contributed by atoms with Crippen molar-refractivity contribution in [1.82, 2.24) is 9.97 Å². The van der Waals surface area contributed by atoms with Crippen molar-refractivity contribution in [3.8, 4) is 11.3 Å². The highest BCUT2D eigenvalue weighted by Crippen LogP contribution is 2.32. The number of rotatable bonds is 2. The molecule has 3 rings (SSSR count). The minimum absolute atomic E-state index is 0.000660. The van der Waals surface area contributed by atoms with Gasteiger partial charge in [-0.05, 0) is 30.0 Å². The Bertz CT molecular complexity index is 557. The lowest BCUT2D eigenvalue weighted by molar-refractivity contribution is 0.0627. The van der Waals surface area contributed by atoms with E-state index in [9.17, 15) is 0 Å². The number of aromatic nitrogens is 2. The van der Waals surface area contributed by atoms with Gasteiger partial charge in [-0.15, -0.1) is 0 Å². The summed E-state index contributed by atoms with van der Waals surface area (Å²) in [6.45, 7) is 1.28. The standard InChI is InChI=1S/C15H17N3O/c16-9-15-13-4-1-3-12(11(13)5-2-8-19-15)14-6-7-17-10-18-14/h1,3-4,6-7,10,15H,2,5,8-9,16H2. The Kier molecular flexibility index (Phi) is 3.53. The van der Waals surface area contributed by atoms with Gasteiger partial charge in [-0.1, -0.05) is 18.2 Å². The lowest BCUT2D eigenvalue weighted by Gasteiger charge is -2.17. The van der Waals surface area contributed by atoms with E-state index in [1.165, 1.54) is 16.7 Å². The fourth-order valence-corrected chi connectivity index (χ4v) is 2.63. The summed E-state index contributed by atoms with van der Waals surface area (Å²) < 4.78 is 5.81. The van der Waals surface area contributed by atoms with Gasteiger partial charge in [0.05, 0.1) is 11.8 Å². The van der Waals surface area contributed by atoms with E-state index < -0.39 is 0 Å². The first-order valence-electron chi connectivity index (χ1n) is 6.60. The van der Waals surface area contributed by atoms with Crippen LogP contribution < -0.4 is 5.73 Å². The van der Waals surface area contributed by atoms with Crippen LogP contribution in [0.3, 0.4) is 0 Å². The smallest absolute Gasteiger partial charge is 0.116 e. The molecule has 1 aromatic carbocycles. The van der Waals surface area contributed by atoms with Crippen LogP contribution in [-0.2, 0) is 11.2 Å². The highest BCUT2D eigenvalue weighted by Gasteiger charge is 2.20. The first-order chi connectivity index (χ1) is 9.40. The largest absolute Gasteiger partial charge is 0.372 e. The predicted octanol–water partition coefficient (Wildman–Crippen LogP) is 2.11. The number of hydrogen-bond acceptors (Lipinski definition) is 4. The predicted molar refractivity (Wildman–Crippen MR) is 73.5 cm³/mol. The molecule has 1 unspecified atom stereocenters. The zero-order chi connectivity index (χ0) is 13.1. The Morgan fingerprint density at radius 2 is 2.26 bits per heavy atom. The third-order valence-electron chi connectivity index (χ3n) is 3.52. The van der Waals surface area contributed by atoms with Gasteiger partial charge in [0, 0.05) is 24.9 Å². The van der Waals surface area contributed by atoms with Crippen molar-refractivity contribution in [2.24, 2.45) is 5.73 Å². The first-order valence-corrected chi connectivity index (χ1v) is 6.60. The molecule has 1 aromatic heterocycles. The summed E-state index contributed by atoms with van der Waals surface area (Å²) in [5, 5.41) is 0. The second kappa shape index (κ2) is 5.47. The van der Waals surface area contributed by atoms with Crippen molar-refractivity contribution in [1.29, 1.82) is 0 Å². The average Bonchev–Trinajstić information content (AvgIpc) is 2.69. The van der Waals surface area contributed by atoms with E-state index in [4.69, 9.17) is 10.5 Å². The van der Waals surface area contributed by atoms with Gasteiger partial charge in [-0.25, -0.2) is 9.97 Å². The number of nitrogens with two attached hydrogens (primary N) is 1. The molecule has 0 saturated heterocycles. The van der Waals surface area contributed by atoms with Gasteiger partial charge in [-0.3, -0.25) is 0 Å². The van der Waals surface area contributed by atoms with Crippen LogP contribution >= 0.6 is 0 Å². The molecule has 0 spiro atoms. The van der Waals surface area contributed by atoms with Crippen LogP contribution in [0.15, 0.2) is 36.8 Å². The van der Waals surface area contributed by atoms with Crippen LogP contribution in [0.5, 0.6) is 0 Å². The monoisotopic (exact) mass is 255 g/mol. The second-order valence-corrected chi connectivity index (χ2v) is 4.67. The number of fused-ring (bicyclic) bond motifs is 1. The Morgan fingerprint density at radius 3 is 3.05 bits per heavy atom. The van der Waals surface area contributed by atoms with Gasteiger partial charge in [0.2, 0.25) is 0 Å². The van der Waals surface area contributed by atoms with Crippen LogP contribution in [0.4, 0.5) is 0 Å². The summed E-state index contributed by atoms with van der Waals surface area (Å²) in [6.07, 6.45) is 5.38. The van der Waals surface area contributed by atoms with Crippen molar-refractivity contribution in [2.75, 3.05) is 13.2 Å². The van der Waals surface area contributed by atoms with Crippen molar-refractivity contribution in [3.05, 3.63) is 47.9 Å². The molecule has 2 aromatic rings. The minimum Gasteiger partial charge on any atom is -0.372 e. The van der Waals surface area contributed by atoms with E-state index >= 15 is 0 Å². The lowest BCUT2D eigenvalue weighted by atomic mass is 9.93. The zero-order valence-electron chi connectivity index (χ0n) is 10.7. The van der Waals surface area contributed by atoms with Crippen molar-refractivity contribution in [3.63, 3.8) is 0 Å². The van der Waals surface area contributed by atoms with E-state index in [1.54, 1.807) is 12.5 Å². The molecule has 1 aliphatic rings. The fraction of sp³-hybridized carbons (Fsp3) is 0.333. The zero-order valence-corrected chi connectivity index (χ0v) is 10.7. The first kappa shape index (κ1) is 12.3. The molecule has 0 aliphatic carbocycles. The van der Waals surface area contributed by atoms with Gasteiger partial charge < -0.3 is 10.5 Å². The molecular formula is C15H17N3O. The van der Waals surface area contributed by atoms with Gasteiger partial charge in [-0.2, -0.15) is 0 Å². The maximum atomic E-state index is 5.83. The van der Waals surface area contributed by atoms with Gasteiger partial charge >= 0.3 is 0 Å². The molecule has 0 radical (unpaired) electrons. The molecule has 1 atom stereocenters. The number of benzene rings is 1. The second-order valence-electron chi connectivity index (χ2n) is 4.67. The molecule has 0 amide bonds. The van der Waals surface area contributed by atoms with Crippen molar-refractivity contribution in [2.45, 2.75) is 18.9 Å². The maximum Gasteiger partial charge on any atom is 0.116 e. The third-order valence-corrected chi connectivity index (χ3v) is 3.52. The molecule has 2 N–H and O–H groups in total. The molecular weight excluding hydrogens is 238 g/mol. The summed E-state index contributed by atoms with van der Waals surface area (Å²) in [6, 6.07) is 8.22. The van der Waals surface area contributed by atoms with Crippen LogP contribution in [0, 0.1) is 0 Å². The lowest BCUT2D eigenvalue weighted by Crippen LogP contribution is -2.16. The normalized spacial score (nSPS) is 18.7. The molecule has 19 heavy (non-hydrogen) atoms. The highest BCUT2D eigenvalue weighted by atomic mass is 16.5. The van der Waals surface area contributed by atoms with Crippen LogP contribution in [0.25, 0.3) is 11.3 Å². The van der Waals surface area contributed by atoms with Crippen LogP contribution in [0.1, 0.15) is 23.7 Å². The molecule has 0 bridgehead atoms. The summed E-state index contributed by atoms with van der Waals surface area (Å²) in [5.41, 5.74) is 10.5. The summed E-state index contributed by atoms with van der Waals surface area (Å²) in [4.78, 5) is 8.33.